The molecule has 0 radical (unpaired) electrons. The Morgan fingerprint density at radius 3 is 2.04 bits per heavy atom. The number of nitrogens with one attached hydrogen (secondary N) is 2. The van der Waals surface area contributed by atoms with Crippen LogP contribution in [0.15, 0.2) is 66.0 Å². The maximum atomic E-state index is 12.4. The van der Waals surface area contributed by atoms with E-state index in [1.54, 1.807) is 60.7 Å². The predicted molar refractivity (Wildman–Crippen MR) is 97.8 cm³/mol. The van der Waals surface area contributed by atoms with Gasteiger partial charge < -0.3 is 10.6 Å². The Morgan fingerprint density at radius 2 is 1.48 bits per heavy atom. The Bertz CT molecular complexity index is 942. The molecule has 122 valence electrons. The molecular weight excluding hydrogens is 334 g/mol. The van der Waals surface area contributed by atoms with Crippen molar-refractivity contribution >= 4 is 34.5 Å². The first-order chi connectivity index (χ1) is 12.2. The molecule has 0 bridgehead atoms. The molecule has 2 amide bonds. The van der Waals surface area contributed by atoms with Gasteiger partial charge in [-0.05, 0) is 47.8 Å². The van der Waals surface area contributed by atoms with Gasteiger partial charge in [0.05, 0.1) is 27.9 Å². The van der Waals surface area contributed by atoms with E-state index in [-0.39, 0.29) is 11.8 Å². The third-order valence-electron chi connectivity index (χ3n) is 3.44. The number of anilines is 2. The van der Waals surface area contributed by atoms with Gasteiger partial charge in [0.1, 0.15) is 0 Å². The molecule has 0 fully saturated rings. The molecule has 0 saturated heterocycles. The molecule has 0 unspecified atom stereocenters. The van der Waals surface area contributed by atoms with Gasteiger partial charge in [0.2, 0.25) is 0 Å². The molecule has 0 spiro atoms. The van der Waals surface area contributed by atoms with Crippen molar-refractivity contribution in [2.75, 3.05) is 10.6 Å². The number of para-hydroxylation sites is 2. The number of carbonyl (C=O) groups is 2. The topological polar surface area (TPSA) is 82.0 Å². The van der Waals surface area contributed by atoms with Crippen LogP contribution in [0.1, 0.15) is 25.6 Å². The maximum Gasteiger partial charge on any atom is 0.265 e. The third kappa shape index (κ3) is 3.91. The number of nitriles is 1. The smallest absolute Gasteiger partial charge is 0.265 e. The van der Waals surface area contributed by atoms with Crippen molar-refractivity contribution in [3.05, 3.63) is 82.0 Å². The number of rotatable bonds is 4. The highest BCUT2D eigenvalue weighted by molar-refractivity contribution is 7.12. The molecule has 6 heteroatoms. The van der Waals surface area contributed by atoms with Crippen LogP contribution < -0.4 is 10.6 Å². The first kappa shape index (κ1) is 16.4. The minimum Gasteiger partial charge on any atom is -0.320 e. The van der Waals surface area contributed by atoms with Crippen molar-refractivity contribution in [3.63, 3.8) is 0 Å². The molecule has 5 nitrogen and oxygen atoms in total. The molecular formula is C19H13N3O2S. The number of hydrogen-bond acceptors (Lipinski definition) is 4. The molecule has 0 aliphatic carbocycles. The Hall–Kier alpha value is -3.43. The van der Waals surface area contributed by atoms with Crippen molar-refractivity contribution in [1.29, 1.82) is 5.26 Å². The highest BCUT2D eigenvalue weighted by atomic mass is 32.1. The molecule has 1 aromatic heterocycles. The van der Waals surface area contributed by atoms with Gasteiger partial charge >= 0.3 is 0 Å². The highest BCUT2D eigenvalue weighted by Gasteiger charge is 2.12. The Labute approximate surface area is 148 Å². The van der Waals surface area contributed by atoms with Gasteiger partial charge in [0.15, 0.2) is 0 Å². The van der Waals surface area contributed by atoms with Gasteiger partial charge in [-0.2, -0.15) is 5.26 Å². The molecule has 3 rings (SSSR count). The molecule has 1 heterocycles. The summed E-state index contributed by atoms with van der Waals surface area (Å²) in [5.41, 5.74) is 1.93. The van der Waals surface area contributed by atoms with Crippen LogP contribution in [-0.2, 0) is 0 Å². The molecule has 25 heavy (non-hydrogen) atoms. The van der Waals surface area contributed by atoms with Gasteiger partial charge in [-0.15, -0.1) is 11.3 Å². The summed E-state index contributed by atoms with van der Waals surface area (Å²) in [6.45, 7) is 0. The fourth-order valence-corrected chi connectivity index (χ4v) is 2.80. The average Bonchev–Trinajstić information content (AvgIpc) is 3.18. The molecule has 2 N–H and O–H groups in total. The van der Waals surface area contributed by atoms with Gasteiger partial charge in [0.25, 0.3) is 11.8 Å². The molecule has 0 aliphatic rings. The van der Waals surface area contributed by atoms with Crippen LogP contribution in [-0.4, -0.2) is 11.8 Å². The van der Waals surface area contributed by atoms with Crippen LogP contribution in [0.25, 0.3) is 0 Å². The molecule has 0 aliphatic heterocycles. The quantitative estimate of drug-likeness (QED) is 0.744. The second-order valence-electron chi connectivity index (χ2n) is 5.12. The fraction of sp³-hybridized carbons (Fsp3) is 0. The summed E-state index contributed by atoms with van der Waals surface area (Å²) in [7, 11) is 0. The lowest BCUT2D eigenvalue weighted by Gasteiger charge is -2.12. The van der Waals surface area contributed by atoms with Crippen molar-refractivity contribution in [1.82, 2.24) is 0 Å². The number of amides is 2. The summed E-state index contributed by atoms with van der Waals surface area (Å²) >= 11 is 1.34. The second kappa shape index (κ2) is 7.43. The van der Waals surface area contributed by atoms with E-state index in [9.17, 15) is 9.59 Å². The molecule has 0 saturated carbocycles. The Kier molecular flexibility index (Phi) is 4.88. The van der Waals surface area contributed by atoms with Gasteiger partial charge in [-0.1, -0.05) is 18.2 Å². The van der Waals surface area contributed by atoms with Crippen molar-refractivity contribution in [2.24, 2.45) is 0 Å². The van der Waals surface area contributed by atoms with Crippen LogP contribution in [0.2, 0.25) is 0 Å². The monoisotopic (exact) mass is 347 g/mol. The zero-order chi connectivity index (χ0) is 17.6. The summed E-state index contributed by atoms with van der Waals surface area (Å²) < 4.78 is 0. The number of hydrogen-bond donors (Lipinski definition) is 2. The van der Waals surface area contributed by atoms with Crippen LogP contribution in [0, 0.1) is 11.3 Å². The van der Waals surface area contributed by atoms with E-state index in [1.165, 1.54) is 11.3 Å². The van der Waals surface area contributed by atoms with Gasteiger partial charge in [-0.25, -0.2) is 0 Å². The Morgan fingerprint density at radius 1 is 0.840 bits per heavy atom. The van der Waals surface area contributed by atoms with Crippen LogP contribution >= 0.6 is 11.3 Å². The first-order valence-electron chi connectivity index (χ1n) is 7.43. The number of carbonyl (C=O) groups excluding carboxylic acids is 2. The standard InChI is InChI=1S/C19H13N3O2S/c20-12-13-7-9-14(10-8-13)18(23)21-15-4-1-2-5-16(15)22-19(24)17-6-3-11-25-17/h1-11H,(H,21,23)(H,22,24). The van der Waals surface area contributed by atoms with E-state index in [0.29, 0.717) is 27.4 Å². The maximum absolute atomic E-state index is 12.4. The van der Waals surface area contributed by atoms with E-state index in [2.05, 4.69) is 10.6 Å². The van der Waals surface area contributed by atoms with E-state index < -0.39 is 0 Å². The normalized spacial score (nSPS) is 9.88. The lowest BCUT2D eigenvalue weighted by atomic mass is 10.1. The van der Waals surface area contributed by atoms with Crippen molar-refractivity contribution < 1.29 is 9.59 Å². The number of nitrogens with zero attached hydrogens (tertiary/aromatic N) is 1. The van der Waals surface area contributed by atoms with Crippen molar-refractivity contribution in [3.8, 4) is 6.07 Å². The zero-order valence-electron chi connectivity index (χ0n) is 13.0. The summed E-state index contributed by atoms with van der Waals surface area (Å²) in [6, 6.07) is 18.9. The average molecular weight is 347 g/mol. The van der Waals surface area contributed by atoms with Gasteiger partial charge in [-0.3, -0.25) is 9.59 Å². The SMILES string of the molecule is N#Cc1ccc(C(=O)Nc2ccccc2NC(=O)c2cccs2)cc1. The van der Waals surface area contributed by atoms with Crippen LogP contribution in [0.4, 0.5) is 11.4 Å². The lowest BCUT2D eigenvalue weighted by Crippen LogP contribution is -2.16. The molecule has 3 aromatic rings. The largest absolute Gasteiger partial charge is 0.320 e. The minimum absolute atomic E-state index is 0.227. The van der Waals surface area contributed by atoms with E-state index >= 15 is 0 Å². The number of thiophene rings is 1. The third-order valence-corrected chi connectivity index (χ3v) is 4.31. The van der Waals surface area contributed by atoms with E-state index in [0.717, 1.165) is 0 Å². The summed E-state index contributed by atoms with van der Waals surface area (Å²) in [5.74, 6) is -0.544. The van der Waals surface area contributed by atoms with Gasteiger partial charge in [0, 0.05) is 5.56 Å². The summed E-state index contributed by atoms with van der Waals surface area (Å²) in [6.07, 6.45) is 0. The molecule has 0 atom stereocenters. The minimum atomic E-state index is -0.317. The Balaban J connectivity index is 1.77. The van der Waals surface area contributed by atoms with E-state index in [4.69, 9.17) is 5.26 Å². The second-order valence-corrected chi connectivity index (χ2v) is 6.07. The summed E-state index contributed by atoms with van der Waals surface area (Å²) in [4.78, 5) is 25.2. The van der Waals surface area contributed by atoms with E-state index in [1.807, 2.05) is 11.4 Å². The highest BCUT2D eigenvalue weighted by Crippen LogP contribution is 2.23. The van der Waals surface area contributed by atoms with Crippen LogP contribution in [0.5, 0.6) is 0 Å². The van der Waals surface area contributed by atoms with Crippen LogP contribution in [0.3, 0.4) is 0 Å². The molecule has 2 aromatic carbocycles. The first-order valence-corrected chi connectivity index (χ1v) is 8.31. The lowest BCUT2D eigenvalue weighted by molar-refractivity contribution is 0.101. The summed E-state index contributed by atoms with van der Waals surface area (Å²) in [5, 5.41) is 16.2. The van der Waals surface area contributed by atoms with Crippen molar-refractivity contribution in [2.45, 2.75) is 0 Å². The fourth-order valence-electron chi connectivity index (χ4n) is 2.18. The predicted octanol–water partition coefficient (Wildman–Crippen LogP) is 4.12. The zero-order valence-corrected chi connectivity index (χ0v) is 13.8. The number of benzene rings is 2.